The van der Waals surface area contributed by atoms with Gasteiger partial charge in [-0.1, -0.05) is 12.1 Å². The molecule has 0 spiro atoms. The summed E-state index contributed by atoms with van der Waals surface area (Å²) in [6.07, 6.45) is -2.63. The van der Waals surface area contributed by atoms with Gasteiger partial charge in [-0.15, -0.1) is 10.2 Å². The lowest BCUT2D eigenvalue weighted by Crippen LogP contribution is -2.25. The zero-order valence-corrected chi connectivity index (χ0v) is 16.9. The van der Waals surface area contributed by atoms with E-state index in [1.54, 1.807) is 11.6 Å². The van der Waals surface area contributed by atoms with E-state index >= 15 is 0 Å². The first kappa shape index (κ1) is 22.3. The molecule has 0 aliphatic carbocycles. The van der Waals surface area contributed by atoms with Crippen LogP contribution in [0.4, 0.5) is 18.9 Å². The van der Waals surface area contributed by atoms with Gasteiger partial charge in [0, 0.05) is 25.2 Å². The number of benzene rings is 2. The molecule has 0 atom stereocenters. The standard InChI is InChI=1S/C19H16F3N5O3S/c1-26-11-24-25-18(26)31-16-7-4-13(10-15(16)27(29)30)17(28)23-9-8-12-2-5-14(6-3-12)19(20,21)22/h2-7,10-11H,8-9H2,1H3,(H,23,28). The van der Waals surface area contributed by atoms with Crippen LogP contribution in [-0.2, 0) is 19.6 Å². The normalized spacial score (nSPS) is 11.4. The highest BCUT2D eigenvalue weighted by atomic mass is 32.2. The second kappa shape index (κ2) is 9.16. The smallest absolute Gasteiger partial charge is 0.352 e. The van der Waals surface area contributed by atoms with Gasteiger partial charge in [-0.3, -0.25) is 14.9 Å². The van der Waals surface area contributed by atoms with Crippen LogP contribution in [0.1, 0.15) is 21.5 Å². The topological polar surface area (TPSA) is 103 Å². The Morgan fingerprint density at radius 1 is 1.23 bits per heavy atom. The van der Waals surface area contributed by atoms with E-state index in [2.05, 4.69) is 15.5 Å². The third kappa shape index (κ3) is 5.60. The fourth-order valence-electron chi connectivity index (χ4n) is 2.63. The summed E-state index contributed by atoms with van der Waals surface area (Å²) in [5, 5.41) is 22.1. The van der Waals surface area contributed by atoms with Gasteiger partial charge in [-0.2, -0.15) is 13.2 Å². The third-order valence-corrected chi connectivity index (χ3v) is 5.39. The number of nitrogens with one attached hydrogen (secondary N) is 1. The highest BCUT2D eigenvalue weighted by Crippen LogP contribution is 2.34. The van der Waals surface area contributed by atoms with E-state index in [9.17, 15) is 28.1 Å². The monoisotopic (exact) mass is 451 g/mol. The molecule has 0 aliphatic heterocycles. The Labute approximate surface area is 178 Å². The number of carbonyl (C=O) groups excluding carboxylic acids is 1. The summed E-state index contributed by atoms with van der Waals surface area (Å²) in [4.78, 5) is 23.5. The largest absolute Gasteiger partial charge is 0.416 e. The second-order valence-electron chi connectivity index (χ2n) is 6.47. The minimum absolute atomic E-state index is 0.0986. The van der Waals surface area contributed by atoms with Crippen molar-refractivity contribution in [2.45, 2.75) is 22.6 Å². The van der Waals surface area contributed by atoms with Gasteiger partial charge in [0.25, 0.3) is 11.6 Å². The minimum Gasteiger partial charge on any atom is -0.352 e. The third-order valence-electron chi connectivity index (χ3n) is 4.27. The van der Waals surface area contributed by atoms with E-state index in [4.69, 9.17) is 0 Å². The Balaban J connectivity index is 1.64. The van der Waals surface area contributed by atoms with Crippen molar-refractivity contribution in [1.29, 1.82) is 0 Å². The number of halogens is 3. The maximum Gasteiger partial charge on any atom is 0.416 e. The predicted molar refractivity (Wildman–Crippen MR) is 106 cm³/mol. The Hall–Kier alpha value is -3.41. The zero-order valence-electron chi connectivity index (χ0n) is 16.1. The maximum atomic E-state index is 12.6. The van der Waals surface area contributed by atoms with Crippen LogP contribution in [0.25, 0.3) is 0 Å². The molecule has 1 heterocycles. The average molecular weight is 451 g/mol. The molecule has 3 rings (SSSR count). The zero-order chi connectivity index (χ0) is 22.6. The molecule has 0 saturated carbocycles. The molecular formula is C19H16F3N5O3S. The van der Waals surface area contributed by atoms with E-state index in [1.807, 2.05) is 0 Å². The number of hydrogen-bond donors (Lipinski definition) is 1. The lowest BCUT2D eigenvalue weighted by atomic mass is 10.1. The molecule has 0 fully saturated rings. The highest BCUT2D eigenvalue weighted by Gasteiger charge is 2.29. The van der Waals surface area contributed by atoms with Gasteiger partial charge in [0.1, 0.15) is 6.33 Å². The number of hydrogen-bond acceptors (Lipinski definition) is 6. The summed E-state index contributed by atoms with van der Waals surface area (Å²) in [7, 11) is 1.70. The van der Waals surface area contributed by atoms with Crippen molar-refractivity contribution in [3.8, 4) is 0 Å². The number of alkyl halides is 3. The predicted octanol–water partition coefficient (Wildman–Crippen LogP) is 3.87. The average Bonchev–Trinajstić information content (AvgIpc) is 3.12. The molecule has 0 radical (unpaired) electrons. The van der Waals surface area contributed by atoms with Crippen LogP contribution < -0.4 is 5.32 Å². The number of aromatic nitrogens is 3. The first-order valence-corrected chi connectivity index (χ1v) is 9.71. The molecule has 162 valence electrons. The molecular weight excluding hydrogens is 435 g/mol. The Morgan fingerprint density at radius 3 is 2.52 bits per heavy atom. The quantitative estimate of drug-likeness (QED) is 0.432. The molecule has 8 nitrogen and oxygen atoms in total. The lowest BCUT2D eigenvalue weighted by Gasteiger charge is -2.09. The van der Waals surface area contributed by atoms with Gasteiger partial charge >= 0.3 is 6.18 Å². The van der Waals surface area contributed by atoms with E-state index in [-0.39, 0.29) is 17.8 Å². The summed E-state index contributed by atoms with van der Waals surface area (Å²) in [6, 6.07) is 8.74. The van der Waals surface area contributed by atoms with Crippen molar-refractivity contribution in [3.63, 3.8) is 0 Å². The summed E-state index contributed by atoms with van der Waals surface area (Å²) in [5.74, 6) is -0.523. The van der Waals surface area contributed by atoms with Crippen LogP contribution in [0.5, 0.6) is 0 Å². The number of nitro benzene ring substituents is 1. The van der Waals surface area contributed by atoms with Gasteiger partial charge in [0.2, 0.25) is 0 Å². The Kier molecular flexibility index (Phi) is 6.59. The molecule has 1 aromatic heterocycles. The first-order chi connectivity index (χ1) is 14.6. The number of aryl methyl sites for hydroxylation is 1. The van der Waals surface area contributed by atoms with Crippen LogP contribution in [0.3, 0.4) is 0 Å². The maximum absolute atomic E-state index is 12.6. The van der Waals surface area contributed by atoms with E-state index in [0.717, 1.165) is 23.9 Å². The Morgan fingerprint density at radius 2 is 1.94 bits per heavy atom. The van der Waals surface area contributed by atoms with Gasteiger partial charge in [0.05, 0.1) is 15.4 Å². The van der Waals surface area contributed by atoms with Crippen LogP contribution in [0.15, 0.2) is 58.8 Å². The van der Waals surface area contributed by atoms with Gasteiger partial charge in [0.15, 0.2) is 5.16 Å². The van der Waals surface area contributed by atoms with Crippen molar-refractivity contribution < 1.29 is 22.9 Å². The highest BCUT2D eigenvalue weighted by molar-refractivity contribution is 7.99. The molecule has 1 amide bonds. The van der Waals surface area contributed by atoms with E-state index < -0.39 is 22.6 Å². The van der Waals surface area contributed by atoms with E-state index in [0.29, 0.717) is 22.0 Å². The second-order valence-corrected chi connectivity index (χ2v) is 7.48. The van der Waals surface area contributed by atoms with Crippen LogP contribution in [0.2, 0.25) is 0 Å². The van der Waals surface area contributed by atoms with Crippen molar-refractivity contribution in [1.82, 2.24) is 20.1 Å². The molecule has 31 heavy (non-hydrogen) atoms. The van der Waals surface area contributed by atoms with Crippen molar-refractivity contribution in [3.05, 3.63) is 75.6 Å². The van der Waals surface area contributed by atoms with Crippen molar-refractivity contribution in [2.75, 3.05) is 6.54 Å². The molecule has 0 bridgehead atoms. The number of rotatable bonds is 7. The van der Waals surface area contributed by atoms with Crippen molar-refractivity contribution in [2.24, 2.45) is 7.05 Å². The molecule has 3 aromatic rings. The summed E-state index contributed by atoms with van der Waals surface area (Å²) in [5.41, 5.74) is -0.272. The summed E-state index contributed by atoms with van der Waals surface area (Å²) >= 11 is 1.05. The van der Waals surface area contributed by atoms with Crippen LogP contribution >= 0.6 is 11.8 Å². The molecule has 0 aliphatic rings. The number of carbonyl (C=O) groups is 1. The van der Waals surface area contributed by atoms with E-state index in [1.165, 1.54) is 36.7 Å². The van der Waals surface area contributed by atoms with Gasteiger partial charge in [-0.25, -0.2) is 0 Å². The molecule has 0 unspecified atom stereocenters. The summed E-state index contributed by atoms with van der Waals surface area (Å²) in [6.45, 7) is 0.160. The number of nitro groups is 1. The number of amides is 1. The van der Waals surface area contributed by atoms with Gasteiger partial charge < -0.3 is 9.88 Å². The first-order valence-electron chi connectivity index (χ1n) is 8.90. The molecule has 1 N–H and O–H groups in total. The fraction of sp³-hybridized carbons (Fsp3) is 0.211. The molecule has 12 heteroatoms. The Bertz CT molecular complexity index is 1100. The molecule has 2 aromatic carbocycles. The fourth-order valence-corrected chi connectivity index (χ4v) is 3.48. The summed E-state index contributed by atoms with van der Waals surface area (Å²) < 4.78 is 39.4. The van der Waals surface area contributed by atoms with Crippen LogP contribution in [-0.4, -0.2) is 32.1 Å². The lowest BCUT2D eigenvalue weighted by molar-refractivity contribution is -0.387. The minimum atomic E-state index is -4.40. The van der Waals surface area contributed by atoms with Gasteiger partial charge in [-0.05, 0) is 48.0 Å². The SMILES string of the molecule is Cn1cnnc1Sc1ccc(C(=O)NCCc2ccc(C(F)(F)F)cc2)cc1[N+](=O)[O-]. The molecule has 0 saturated heterocycles. The van der Waals surface area contributed by atoms with Crippen molar-refractivity contribution >= 4 is 23.4 Å². The number of nitrogens with zero attached hydrogens (tertiary/aromatic N) is 4. The van der Waals surface area contributed by atoms with Crippen LogP contribution in [0, 0.1) is 10.1 Å².